The van der Waals surface area contributed by atoms with Gasteiger partial charge in [-0.15, -0.1) is 5.10 Å². The molecule has 0 saturated carbocycles. The van der Waals surface area contributed by atoms with Crippen LogP contribution in [0.4, 0.5) is 16.5 Å². The highest BCUT2D eigenvalue weighted by Crippen LogP contribution is 2.24. The third-order valence-electron chi connectivity index (χ3n) is 6.40. The summed E-state index contributed by atoms with van der Waals surface area (Å²) < 4.78 is 1.32. The molecule has 0 radical (unpaired) electrons. The summed E-state index contributed by atoms with van der Waals surface area (Å²) in [5.41, 5.74) is 4.23. The second-order valence-corrected chi connectivity index (χ2v) is 9.82. The second kappa shape index (κ2) is 9.09. The Morgan fingerprint density at radius 3 is 2.58 bits per heavy atom. The lowest BCUT2D eigenvalue weighted by molar-refractivity contribution is 0.0747. The van der Waals surface area contributed by atoms with Crippen LogP contribution >= 0.6 is 11.3 Å². The minimum Gasteiger partial charge on any atom is -0.368 e. The van der Waals surface area contributed by atoms with Crippen molar-refractivity contribution in [1.82, 2.24) is 19.5 Å². The molecule has 9 heteroatoms. The number of aromatic nitrogens is 3. The first-order chi connectivity index (χ1) is 17.5. The fraction of sp³-hybridized carbons (Fsp3) is 0.185. The van der Waals surface area contributed by atoms with E-state index in [9.17, 15) is 9.59 Å². The van der Waals surface area contributed by atoms with E-state index in [4.69, 9.17) is 0 Å². The molecule has 3 aromatic carbocycles. The SMILES string of the molecule is Cc1cccc(N2CCN(C(=O)c3cccc(Nc4nn5c(=O)c6ccccc6nc5s4)c3)CC2)c1. The van der Waals surface area contributed by atoms with Gasteiger partial charge in [0.1, 0.15) is 0 Å². The minimum atomic E-state index is -0.200. The number of rotatable bonds is 4. The zero-order valence-electron chi connectivity index (χ0n) is 19.7. The molecule has 0 aliphatic carbocycles. The Balaban J connectivity index is 1.18. The molecule has 0 atom stereocenters. The molecule has 180 valence electrons. The molecule has 2 aromatic heterocycles. The summed E-state index contributed by atoms with van der Waals surface area (Å²) in [7, 11) is 0. The Hall–Kier alpha value is -4.24. The number of nitrogens with one attached hydrogen (secondary N) is 1. The van der Waals surface area contributed by atoms with Crippen molar-refractivity contribution in [2.75, 3.05) is 36.4 Å². The highest BCUT2D eigenvalue weighted by Gasteiger charge is 2.22. The van der Waals surface area contributed by atoms with Crippen LogP contribution in [0.15, 0.2) is 77.6 Å². The van der Waals surface area contributed by atoms with Crippen LogP contribution in [0.5, 0.6) is 0 Å². The molecule has 1 fully saturated rings. The lowest BCUT2D eigenvalue weighted by Gasteiger charge is -2.36. The lowest BCUT2D eigenvalue weighted by Crippen LogP contribution is -2.48. The summed E-state index contributed by atoms with van der Waals surface area (Å²) >= 11 is 1.29. The number of amides is 1. The third kappa shape index (κ3) is 4.18. The minimum absolute atomic E-state index is 0.0102. The number of carbonyl (C=O) groups is 1. The number of fused-ring (bicyclic) bond motifs is 2. The number of hydrogen-bond acceptors (Lipinski definition) is 7. The van der Waals surface area contributed by atoms with Crippen molar-refractivity contribution in [3.8, 4) is 0 Å². The number of hydrogen-bond donors (Lipinski definition) is 1. The predicted molar refractivity (Wildman–Crippen MR) is 144 cm³/mol. The molecule has 3 heterocycles. The van der Waals surface area contributed by atoms with Crippen molar-refractivity contribution in [3.63, 3.8) is 0 Å². The van der Waals surface area contributed by atoms with Gasteiger partial charge in [0.15, 0.2) is 0 Å². The fourth-order valence-corrected chi connectivity index (χ4v) is 5.35. The van der Waals surface area contributed by atoms with E-state index in [2.05, 4.69) is 51.5 Å². The smallest absolute Gasteiger partial charge is 0.283 e. The molecule has 1 amide bonds. The number of nitrogens with zero attached hydrogens (tertiary/aromatic N) is 5. The molecule has 36 heavy (non-hydrogen) atoms. The first-order valence-corrected chi connectivity index (χ1v) is 12.6. The van der Waals surface area contributed by atoms with Crippen molar-refractivity contribution in [2.45, 2.75) is 6.92 Å². The van der Waals surface area contributed by atoms with Crippen molar-refractivity contribution in [2.24, 2.45) is 0 Å². The Labute approximate surface area is 211 Å². The van der Waals surface area contributed by atoms with Crippen LogP contribution < -0.4 is 15.8 Å². The van der Waals surface area contributed by atoms with E-state index in [0.29, 0.717) is 39.6 Å². The molecule has 6 rings (SSSR count). The number of para-hydroxylation sites is 1. The largest absolute Gasteiger partial charge is 0.368 e. The van der Waals surface area contributed by atoms with Gasteiger partial charge in [0.2, 0.25) is 10.1 Å². The maximum Gasteiger partial charge on any atom is 0.283 e. The molecule has 1 saturated heterocycles. The molecule has 1 N–H and O–H groups in total. The molecule has 8 nitrogen and oxygen atoms in total. The maximum absolute atomic E-state index is 13.2. The summed E-state index contributed by atoms with van der Waals surface area (Å²) in [5.74, 6) is 0.0102. The number of benzene rings is 3. The maximum atomic E-state index is 13.2. The summed E-state index contributed by atoms with van der Waals surface area (Å²) in [6, 6.07) is 23.1. The zero-order chi connectivity index (χ0) is 24.6. The lowest BCUT2D eigenvalue weighted by atomic mass is 10.1. The Morgan fingerprint density at radius 2 is 1.75 bits per heavy atom. The molecule has 0 spiro atoms. The summed E-state index contributed by atoms with van der Waals surface area (Å²) in [5, 5.41) is 8.71. The van der Waals surface area contributed by atoms with Crippen LogP contribution in [0.2, 0.25) is 0 Å². The van der Waals surface area contributed by atoms with Crippen LogP contribution in [-0.2, 0) is 0 Å². The van der Waals surface area contributed by atoms with E-state index < -0.39 is 0 Å². The van der Waals surface area contributed by atoms with Gasteiger partial charge in [-0.25, -0.2) is 4.98 Å². The number of aryl methyl sites for hydroxylation is 1. The molecule has 1 aliphatic rings. The van der Waals surface area contributed by atoms with Gasteiger partial charge in [-0.2, -0.15) is 4.52 Å². The van der Waals surface area contributed by atoms with Gasteiger partial charge < -0.3 is 15.1 Å². The van der Waals surface area contributed by atoms with E-state index in [1.807, 2.05) is 47.4 Å². The summed E-state index contributed by atoms with van der Waals surface area (Å²) in [6.07, 6.45) is 0. The van der Waals surface area contributed by atoms with E-state index in [0.717, 1.165) is 18.8 Å². The van der Waals surface area contributed by atoms with Crippen LogP contribution in [0.25, 0.3) is 15.9 Å². The van der Waals surface area contributed by atoms with Gasteiger partial charge in [-0.3, -0.25) is 9.59 Å². The molecule has 5 aromatic rings. The van der Waals surface area contributed by atoms with Crippen LogP contribution in [0, 0.1) is 6.92 Å². The Bertz CT molecular complexity index is 1650. The number of carbonyl (C=O) groups excluding carboxylic acids is 1. The summed E-state index contributed by atoms with van der Waals surface area (Å²) in [6.45, 7) is 5.04. The molecular formula is C27H24N6O2S. The van der Waals surface area contributed by atoms with E-state index >= 15 is 0 Å². The average molecular weight is 497 g/mol. The topological polar surface area (TPSA) is 82.8 Å². The molecule has 0 unspecified atom stereocenters. The van der Waals surface area contributed by atoms with E-state index in [1.165, 1.54) is 27.1 Å². The number of anilines is 3. The fourth-order valence-electron chi connectivity index (χ4n) is 4.53. The normalized spacial score (nSPS) is 13.9. The molecular weight excluding hydrogens is 472 g/mol. The highest BCUT2D eigenvalue weighted by molar-refractivity contribution is 7.20. The van der Waals surface area contributed by atoms with Crippen molar-refractivity contribution in [1.29, 1.82) is 0 Å². The first kappa shape index (κ1) is 22.2. The predicted octanol–water partition coefficient (Wildman–Crippen LogP) is 4.32. The van der Waals surface area contributed by atoms with Crippen molar-refractivity contribution < 1.29 is 4.79 Å². The van der Waals surface area contributed by atoms with E-state index in [1.54, 1.807) is 6.07 Å². The van der Waals surface area contributed by atoms with Gasteiger partial charge in [-0.05, 0) is 55.0 Å². The van der Waals surface area contributed by atoms with Crippen molar-refractivity contribution >= 4 is 49.6 Å². The summed E-state index contributed by atoms with van der Waals surface area (Å²) in [4.78, 5) is 35.3. The molecule has 1 aliphatic heterocycles. The second-order valence-electron chi connectivity index (χ2n) is 8.86. The molecule has 0 bridgehead atoms. The zero-order valence-corrected chi connectivity index (χ0v) is 20.5. The van der Waals surface area contributed by atoms with Gasteiger partial charge >= 0.3 is 0 Å². The van der Waals surface area contributed by atoms with E-state index in [-0.39, 0.29) is 11.5 Å². The Morgan fingerprint density at radius 1 is 0.944 bits per heavy atom. The highest BCUT2D eigenvalue weighted by atomic mass is 32.1. The van der Waals surface area contributed by atoms with Gasteiger partial charge in [0.05, 0.1) is 10.9 Å². The average Bonchev–Trinajstić information content (AvgIpc) is 3.31. The van der Waals surface area contributed by atoms with Crippen LogP contribution in [0.3, 0.4) is 0 Å². The standard InChI is InChI=1S/C27H24N6O2S/c1-18-6-4-9-21(16-18)31-12-14-32(15-13-31)24(34)19-7-5-8-20(17-19)28-26-30-33-25(35)22-10-2-3-11-23(22)29-27(33)36-26/h2-11,16-17H,12-15H2,1H3,(H,28,30). The monoisotopic (exact) mass is 496 g/mol. The van der Waals surface area contributed by atoms with Crippen molar-refractivity contribution in [3.05, 3.63) is 94.3 Å². The van der Waals surface area contributed by atoms with Crippen LogP contribution in [-0.4, -0.2) is 51.6 Å². The van der Waals surface area contributed by atoms with Crippen LogP contribution in [0.1, 0.15) is 15.9 Å². The quantitative estimate of drug-likeness (QED) is 0.399. The van der Waals surface area contributed by atoms with Gasteiger partial charge in [-0.1, -0.05) is 41.7 Å². The number of piperazine rings is 1. The first-order valence-electron chi connectivity index (χ1n) is 11.8. The van der Waals surface area contributed by atoms with Gasteiger partial charge in [0.25, 0.3) is 11.5 Å². The van der Waals surface area contributed by atoms with Gasteiger partial charge in [0, 0.05) is 43.1 Å². The Kier molecular flexibility index (Phi) is 5.61. The third-order valence-corrected chi connectivity index (χ3v) is 7.22.